The van der Waals surface area contributed by atoms with E-state index in [4.69, 9.17) is 15.2 Å². The van der Waals surface area contributed by atoms with Crippen molar-refractivity contribution in [2.24, 2.45) is 0 Å². The van der Waals surface area contributed by atoms with Crippen LogP contribution in [0.2, 0.25) is 0 Å². The number of nitriles is 1. The molecular weight excluding hydrogens is 364 g/mol. The number of ether oxygens (including phenoxy) is 2. The Morgan fingerprint density at radius 2 is 1.83 bits per heavy atom. The van der Waals surface area contributed by atoms with E-state index in [-0.39, 0.29) is 0 Å². The highest BCUT2D eigenvalue weighted by molar-refractivity contribution is 5.88. The number of hydrogen-bond acceptors (Lipinski definition) is 6. The van der Waals surface area contributed by atoms with Gasteiger partial charge in [0.25, 0.3) is 0 Å². The highest BCUT2D eigenvalue weighted by atomic mass is 16.5. The Bertz CT molecular complexity index is 992. The smallest absolute Gasteiger partial charge is 0.139 e. The van der Waals surface area contributed by atoms with Crippen LogP contribution in [0.5, 0.6) is 17.2 Å². The summed E-state index contributed by atoms with van der Waals surface area (Å²) in [5.74, 6) is 1.85. The number of fused-ring (bicyclic) bond motifs is 1. The number of nitrogens with zero attached hydrogens (tertiary/aromatic N) is 3. The lowest BCUT2D eigenvalue weighted by atomic mass is 10.1. The summed E-state index contributed by atoms with van der Waals surface area (Å²) in [5.41, 5.74) is 7.59. The van der Waals surface area contributed by atoms with E-state index < -0.39 is 0 Å². The summed E-state index contributed by atoms with van der Waals surface area (Å²) in [7, 11) is 0. The van der Waals surface area contributed by atoms with Crippen molar-refractivity contribution in [3.8, 4) is 23.3 Å². The molecule has 2 aromatic carbocycles. The average molecular weight is 390 g/mol. The zero-order chi connectivity index (χ0) is 20.6. The highest BCUT2D eigenvalue weighted by Crippen LogP contribution is 2.33. The molecule has 0 saturated heterocycles. The second-order valence-electron chi connectivity index (χ2n) is 6.69. The monoisotopic (exact) mass is 390 g/mol. The summed E-state index contributed by atoms with van der Waals surface area (Å²) in [4.78, 5) is 6.76. The fraction of sp³-hybridized carbons (Fsp3) is 0.304. The van der Waals surface area contributed by atoms with Crippen molar-refractivity contribution in [1.82, 2.24) is 9.88 Å². The number of anilines is 1. The zero-order valence-electron chi connectivity index (χ0n) is 16.9. The molecule has 0 aliphatic heterocycles. The number of aromatic nitrogens is 1. The first-order valence-corrected chi connectivity index (χ1v) is 9.86. The maximum atomic E-state index is 9.60. The van der Waals surface area contributed by atoms with Crippen molar-refractivity contribution < 1.29 is 9.47 Å². The van der Waals surface area contributed by atoms with Crippen LogP contribution in [-0.2, 0) is 0 Å². The minimum absolute atomic E-state index is 0.468. The molecule has 0 bridgehead atoms. The van der Waals surface area contributed by atoms with Gasteiger partial charge in [-0.3, -0.25) is 4.98 Å². The third kappa shape index (κ3) is 5.15. The molecule has 0 amide bonds. The second kappa shape index (κ2) is 9.76. The number of pyridine rings is 1. The van der Waals surface area contributed by atoms with Gasteiger partial charge >= 0.3 is 0 Å². The summed E-state index contributed by atoms with van der Waals surface area (Å²) in [6.07, 6.45) is 2.59. The molecule has 0 saturated carbocycles. The number of nitrogen functional groups attached to an aromatic ring is 1. The van der Waals surface area contributed by atoms with Gasteiger partial charge in [0.2, 0.25) is 0 Å². The van der Waals surface area contributed by atoms with Crippen molar-refractivity contribution in [3.63, 3.8) is 0 Å². The third-order valence-electron chi connectivity index (χ3n) is 4.80. The molecule has 1 aromatic heterocycles. The fourth-order valence-corrected chi connectivity index (χ4v) is 3.12. The second-order valence-corrected chi connectivity index (χ2v) is 6.69. The SMILES string of the molecule is CCN(CC)CCCOc1cc2nccc(Oc3ccc(N)cc3)c2cc1C#N. The topological polar surface area (TPSA) is 84.4 Å². The van der Waals surface area contributed by atoms with Crippen LogP contribution in [-0.4, -0.2) is 36.1 Å². The Kier molecular flexibility index (Phi) is 6.88. The minimum atomic E-state index is 0.468. The zero-order valence-corrected chi connectivity index (χ0v) is 16.9. The molecule has 150 valence electrons. The molecule has 3 aromatic rings. The van der Waals surface area contributed by atoms with Crippen molar-refractivity contribution in [2.75, 3.05) is 32.0 Å². The number of rotatable bonds is 9. The molecule has 0 fully saturated rings. The predicted molar refractivity (Wildman–Crippen MR) is 115 cm³/mol. The van der Waals surface area contributed by atoms with Crippen LogP contribution in [0, 0.1) is 11.3 Å². The normalized spacial score (nSPS) is 10.8. The van der Waals surface area contributed by atoms with E-state index in [2.05, 4.69) is 29.8 Å². The Hall–Kier alpha value is -3.30. The van der Waals surface area contributed by atoms with E-state index in [1.54, 1.807) is 48.7 Å². The average Bonchev–Trinajstić information content (AvgIpc) is 2.75. The summed E-state index contributed by atoms with van der Waals surface area (Å²) in [6.45, 7) is 7.88. The van der Waals surface area contributed by atoms with Crippen LogP contribution in [0.15, 0.2) is 48.7 Å². The largest absolute Gasteiger partial charge is 0.492 e. The molecule has 0 aliphatic carbocycles. The lowest BCUT2D eigenvalue weighted by Crippen LogP contribution is -2.25. The minimum Gasteiger partial charge on any atom is -0.492 e. The van der Waals surface area contributed by atoms with E-state index in [1.807, 2.05) is 0 Å². The first-order chi connectivity index (χ1) is 14.1. The summed E-state index contributed by atoms with van der Waals surface area (Å²) in [5, 5.41) is 10.4. The summed E-state index contributed by atoms with van der Waals surface area (Å²) in [6, 6.07) is 14.8. The van der Waals surface area contributed by atoms with Gasteiger partial charge in [-0.2, -0.15) is 5.26 Å². The molecule has 0 aliphatic rings. The van der Waals surface area contributed by atoms with Crippen LogP contribution >= 0.6 is 0 Å². The first-order valence-electron chi connectivity index (χ1n) is 9.86. The van der Waals surface area contributed by atoms with Crippen LogP contribution in [0.4, 0.5) is 5.69 Å². The number of benzene rings is 2. The van der Waals surface area contributed by atoms with E-state index >= 15 is 0 Å². The molecule has 3 rings (SSSR count). The standard InChI is InChI=1S/C23H26N4O2/c1-3-27(4-2)12-5-13-28-23-15-21-20(14-17(23)16-24)22(10-11-26-21)29-19-8-6-18(25)7-9-19/h6-11,14-15H,3-5,12-13,25H2,1-2H3. The molecular formula is C23H26N4O2. The highest BCUT2D eigenvalue weighted by Gasteiger charge is 2.12. The number of nitrogens with two attached hydrogens (primary N) is 1. The fourth-order valence-electron chi connectivity index (χ4n) is 3.12. The van der Waals surface area contributed by atoms with E-state index in [0.29, 0.717) is 35.1 Å². The van der Waals surface area contributed by atoms with Gasteiger partial charge in [-0.1, -0.05) is 13.8 Å². The first kappa shape index (κ1) is 20.4. The summed E-state index contributed by atoms with van der Waals surface area (Å²) < 4.78 is 11.9. The van der Waals surface area contributed by atoms with Crippen LogP contribution in [0.3, 0.4) is 0 Å². The van der Waals surface area contributed by atoms with Crippen LogP contribution < -0.4 is 15.2 Å². The van der Waals surface area contributed by atoms with Gasteiger partial charge < -0.3 is 20.1 Å². The van der Waals surface area contributed by atoms with Crippen molar-refractivity contribution in [1.29, 1.82) is 5.26 Å². The number of hydrogen-bond donors (Lipinski definition) is 1. The molecule has 0 spiro atoms. The van der Waals surface area contributed by atoms with Gasteiger partial charge in [0, 0.05) is 29.9 Å². The molecule has 29 heavy (non-hydrogen) atoms. The van der Waals surface area contributed by atoms with Crippen molar-refractivity contribution >= 4 is 16.6 Å². The van der Waals surface area contributed by atoms with E-state index in [1.165, 1.54) is 0 Å². The molecule has 0 radical (unpaired) electrons. The maximum absolute atomic E-state index is 9.60. The van der Waals surface area contributed by atoms with Gasteiger partial charge in [-0.05, 0) is 55.9 Å². The molecule has 0 atom stereocenters. The maximum Gasteiger partial charge on any atom is 0.139 e. The van der Waals surface area contributed by atoms with E-state index in [0.717, 1.165) is 37.0 Å². The molecule has 6 heteroatoms. The van der Waals surface area contributed by atoms with Gasteiger partial charge in [0.15, 0.2) is 0 Å². The van der Waals surface area contributed by atoms with Crippen molar-refractivity contribution in [3.05, 3.63) is 54.2 Å². The third-order valence-corrected chi connectivity index (χ3v) is 4.80. The molecule has 1 heterocycles. The lowest BCUT2D eigenvalue weighted by Gasteiger charge is -2.18. The van der Waals surface area contributed by atoms with Crippen molar-refractivity contribution in [2.45, 2.75) is 20.3 Å². The van der Waals surface area contributed by atoms with Crippen LogP contribution in [0.25, 0.3) is 10.9 Å². The predicted octanol–water partition coefficient (Wildman–Crippen LogP) is 4.59. The Morgan fingerprint density at radius 3 is 2.52 bits per heavy atom. The van der Waals surface area contributed by atoms with Gasteiger partial charge in [0.1, 0.15) is 23.3 Å². The Morgan fingerprint density at radius 1 is 1.07 bits per heavy atom. The van der Waals surface area contributed by atoms with Gasteiger partial charge in [-0.25, -0.2) is 0 Å². The Balaban J connectivity index is 1.79. The van der Waals surface area contributed by atoms with Crippen LogP contribution in [0.1, 0.15) is 25.8 Å². The van der Waals surface area contributed by atoms with Gasteiger partial charge in [0.05, 0.1) is 17.7 Å². The lowest BCUT2D eigenvalue weighted by molar-refractivity contribution is 0.249. The van der Waals surface area contributed by atoms with E-state index in [9.17, 15) is 5.26 Å². The molecule has 6 nitrogen and oxygen atoms in total. The van der Waals surface area contributed by atoms with Gasteiger partial charge in [-0.15, -0.1) is 0 Å². The summed E-state index contributed by atoms with van der Waals surface area (Å²) >= 11 is 0. The molecule has 0 unspecified atom stereocenters. The molecule has 2 N–H and O–H groups in total. The quantitative estimate of drug-likeness (QED) is 0.425. The Labute approximate surface area is 171 Å².